The fraction of sp³-hybridized carbons (Fsp3) is 0.450. The number of amides is 2. The van der Waals surface area contributed by atoms with Gasteiger partial charge >= 0.3 is 0 Å². The van der Waals surface area contributed by atoms with E-state index in [1.807, 2.05) is 18.2 Å². The van der Waals surface area contributed by atoms with E-state index >= 15 is 0 Å². The van der Waals surface area contributed by atoms with Crippen molar-refractivity contribution >= 4 is 33.6 Å². The predicted molar refractivity (Wildman–Crippen MR) is 112 cm³/mol. The van der Waals surface area contributed by atoms with Gasteiger partial charge in [-0.1, -0.05) is 17.3 Å². The Balaban J connectivity index is 1.63. The Morgan fingerprint density at radius 2 is 2.03 bits per heavy atom. The number of aryl methyl sites for hydroxylation is 1. The van der Waals surface area contributed by atoms with E-state index in [1.54, 1.807) is 24.0 Å². The lowest BCUT2D eigenvalue weighted by Gasteiger charge is -2.28. The summed E-state index contributed by atoms with van der Waals surface area (Å²) >= 11 is 3.43. The molecule has 2 aromatic rings. The van der Waals surface area contributed by atoms with Gasteiger partial charge in [-0.05, 0) is 41.4 Å². The zero-order chi connectivity index (χ0) is 20.6. The molecule has 1 aliphatic heterocycles. The Morgan fingerprint density at radius 3 is 2.72 bits per heavy atom. The maximum Gasteiger partial charge on any atom is 0.255 e. The number of carbonyl (C=O) groups excluding carboxylic acids is 2. The Kier molecular flexibility index (Phi) is 7.79. The van der Waals surface area contributed by atoms with Gasteiger partial charge in [-0.15, -0.1) is 0 Å². The molecular formula is C20H25BrN4O4. The summed E-state index contributed by atoms with van der Waals surface area (Å²) in [6.07, 6.45) is 0.770. The van der Waals surface area contributed by atoms with Crippen molar-refractivity contribution in [2.24, 2.45) is 0 Å². The third-order valence-corrected chi connectivity index (χ3v) is 5.32. The van der Waals surface area contributed by atoms with Crippen LogP contribution in [-0.4, -0.2) is 72.7 Å². The van der Waals surface area contributed by atoms with E-state index in [2.05, 4.69) is 31.3 Å². The molecule has 1 saturated heterocycles. The summed E-state index contributed by atoms with van der Waals surface area (Å²) < 4.78 is 11.0. The van der Waals surface area contributed by atoms with Crippen LogP contribution in [0.25, 0.3) is 0 Å². The SMILES string of the molecule is Cc1cc(NC(=O)CN(CCCN2CCOCC2)C(=O)c2ccccc2Br)no1. The standard InChI is InChI=1S/C20H25BrN4O4/c1-15-13-18(23-29-15)22-19(26)14-25(8-4-7-24-9-11-28-12-10-24)20(27)16-5-2-3-6-17(16)21/h2-3,5-6,13H,4,7-12,14H2,1H3,(H,22,23,26). The molecule has 3 rings (SSSR count). The van der Waals surface area contributed by atoms with Crippen LogP contribution in [0.15, 0.2) is 39.3 Å². The van der Waals surface area contributed by atoms with Crippen molar-refractivity contribution in [3.63, 3.8) is 0 Å². The van der Waals surface area contributed by atoms with Gasteiger partial charge in [0.2, 0.25) is 5.91 Å². The molecule has 1 aromatic heterocycles. The maximum atomic E-state index is 13.1. The minimum absolute atomic E-state index is 0.0603. The van der Waals surface area contributed by atoms with Crippen LogP contribution in [0.1, 0.15) is 22.5 Å². The van der Waals surface area contributed by atoms with Crippen molar-refractivity contribution in [3.8, 4) is 0 Å². The van der Waals surface area contributed by atoms with Crippen LogP contribution in [0.5, 0.6) is 0 Å². The number of nitrogens with zero attached hydrogens (tertiary/aromatic N) is 3. The highest BCUT2D eigenvalue weighted by Gasteiger charge is 2.21. The van der Waals surface area contributed by atoms with Crippen molar-refractivity contribution in [3.05, 3.63) is 46.1 Å². The number of nitrogens with one attached hydrogen (secondary N) is 1. The number of benzene rings is 1. The Hall–Kier alpha value is -2.23. The second-order valence-electron chi connectivity index (χ2n) is 6.89. The second kappa shape index (κ2) is 10.5. The Labute approximate surface area is 178 Å². The summed E-state index contributed by atoms with van der Waals surface area (Å²) in [4.78, 5) is 29.5. The van der Waals surface area contributed by atoms with Crippen LogP contribution in [0.3, 0.4) is 0 Å². The van der Waals surface area contributed by atoms with Crippen LogP contribution in [0, 0.1) is 6.92 Å². The summed E-state index contributed by atoms with van der Waals surface area (Å²) in [5.74, 6) is 0.442. The van der Waals surface area contributed by atoms with E-state index in [1.165, 1.54) is 0 Å². The molecular weight excluding hydrogens is 440 g/mol. The molecule has 0 bridgehead atoms. The highest BCUT2D eigenvalue weighted by atomic mass is 79.9. The number of hydrogen-bond donors (Lipinski definition) is 1. The fourth-order valence-electron chi connectivity index (χ4n) is 3.15. The van der Waals surface area contributed by atoms with Crippen LogP contribution in [0.2, 0.25) is 0 Å². The van der Waals surface area contributed by atoms with E-state index in [-0.39, 0.29) is 18.4 Å². The van der Waals surface area contributed by atoms with E-state index in [0.29, 0.717) is 28.2 Å². The van der Waals surface area contributed by atoms with E-state index < -0.39 is 0 Å². The Bertz CT molecular complexity index is 835. The van der Waals surface area contributed by atoms with Gasteiger partial charge < -0.3 is 19.5 Å². The van der Waals surface area contributed by atoms with Gasteiger partial charge in [0, 0.05) is 36.7 Å². The largest absolute Gasteiger partial charge is 0.379 e. The lowest BCUT2D eigenvalue weighted by Crippen LogP contribution is -2.41. The molecule has 0 aliphatic carbocycles. The maximum absolute atomic E-state index is 13.1. The van der Waals surface area contributed by atoms with Crippen LogP contribution in [-0.2, 0) is 9.53 Å². The normalized spacial score (nSPS) is 14.6. The van der Waals surface area contributed by atoms with E-state index in [0.717, 1.165) is 39.3 Å². The zero-order valence-electron chi connectivity index (χ0n) is 16.4. The minimum Gasteiger partial charge on any atom is -0.379 e. The molecule has 0 spiro atoms. The van der Waals surface area contributed by atoms with Crippen molar-refractivity contribution < 1.29 is 18.8 Å². The van der Waals surface area contributed by atoms with Crippen molar-refractivity contribution in [1.29, 1.82) is 0 Å². The number of carbonyl (C=O) groups is 2. The first-order chi connectivity index (χ1) is 14.0. The molecule has 0 radical (unpaired) electrons. The van der Waals surface area contributed by atoms with Crippen LogP contribution < -0.4 is 5.32 Å². The quantitative estimate of drug-likeness (QED) is 0.645. The lowest BCUT2D eigenvalue weighted by molar-refractivity contribution is -0.117. The smallest absolute Gasteiger partial charge is 0.255 e. The van der Waals surface area contributed by atoms with Gasteiger partial charge in [0.15, 0.2) is 5.82 Å². The minimum atomic E-state index is -0.315. The second-order valence-corrected chi connectivity index (χ2v) is 7.74. The molecule has 156 valence electrons. The molecule has 2 amide bonds. The monoisotopic (exact) mass is 464 g/mol. The highest BCUT2D eigenvalue weighted by molar-refractivity contribution is 9.10. The van der Waals surface area contributed by atoms with Gasteiger partial charge in [0.05, 0.1) is 18.8 Å². The number of halogens is 1. The predicted octanol–water partition coefficient (Wildman–Crippen LogP) is 2.55. The molecule has 0 saturated carbocycles. The average molecular weight is 465 g/mol. The summed E-state index contributed by atoms with van der Waals surface area (Å²) in [6, 6.07) is 8.86. The van der Waals surface area contributed by atoms with Crippen molar-refractivity contribution in [2.45, 2.75) is 13.3 Å². The van der Waals surface area contributed by atoms with Gasteiger partial charge in [0.1, 0.15) is 12.3 Å². The number of aromatic nitrogens is 1. The first kappa shape index (κ1) is 21.5. The molecule has 9 heteroatoms. The number of anilines is 1. The zero-order valence-corrected chi connectivity index (χ0v) is 18.0. The molecule has 2 heterocycles. The lowest BCUT2D eigenvalue weighted by atomic mass is 10.2. The molecule has 0 unspecified atom stereocenters. The number of ether oxygens (including phenoxy) is 1. The summed E-state index contributed by atoms with van der Waals surface area (Å²) in [7, 11) is 0. The van der Waals surface area contributed by atoms with E-state index in [9.17, 15) is 9.59 Å². The van der Waals surface area contributed by atoms with Crippen LogP contribution in [0.4, 0.5) is 5.82 Å². The summed E-state index contributed by atoms with van der Waals surface area (Å²) in [6.45, 7) is 6.27. The third kappa shape index (κ3) is 6.38. The number of rotatable bonds is 8. The molecule has 1 fully saturated rings. The number of hydrogen-bond acceptors (Lipinski definition) is 6. The summed E-state index contributed by atoms with van der Waals surface area (Å²) in [5, 5.41) is 6.44. The summed E-state index contributed by atoms with van der Waals surface area (Å²) in [5.41, 5.74) is 0.531. The van der Waals surface area contributed by atoms with Crippen molar-refractivity contribution in [1.82, 2.24) is 15.0 Å². The van der Waals surface area contributed by atoms with Crippen molar-refractivity contribution in [2.75, 3.05) is 51.3 Å². The first-order valence-electron chi connectivity index (χ1n) is 9.60. The van der Waals surface area contributed by atoms with Crippen LogP contribution >= 0.6 is 15.9 Å². The van der Waals surface area contributed by atoms with Gasteiger partial charge in [0.25, 0.3) is 5.91 Å². The molecule has 29 heavy (non-hydrogen) atoms. The molecule has 1 aromatic carbocycles. The fourth-order valence-corrected chi connectivity index (χ4v) is 3.60. The highest BCUT2D eigenvalue weighted by Crippen LogP contribution is 2.18. The molecule has 1 N–H and O–H groups in total. The molecule has 0 atom stereocenters. The first-order valence-corrected chi connectivity index (χ1v) is 10.4. The molecule has 1 aliphatic rings. The Morgan fingerprint density at radius 1 is 1.28 bits per heavy atom. The number of morpholine rings is 1. The van der Waals surface area contributed by atoms with Gasteiger partial charge in [-0.3, -0.25) is 14.5 Å². The third-order valence-electron chi connectivity index (χ3n) is 4.63. The van der Waals surface area contributed by atoms with Gasteiger partial charge in [-0.2, -0.15) is 0 Å². The topological polar surface area (TPSA) is 87.9 Å². The molecule has 8 nitrogen and oxygen atoms in total. The van der Waals surface area contributed by atoms with Gasteiger partial charge in [-0.25, -0.2) is 0 Å². The average Bonchev–Trinajstić information content (AvgIpc) is 3.12. The van der Waals surface area contributed by atoms with E-state index in [4.69, 9.17) is 9.26 Å².